The van der Waals surface area contributed by atoms with E-state index in [1.165, 1.54) is 17.2 Å². The quantitative estimate of drug-likeness (QED) is 0.600. The molecule has 0 bridgehead atoms. The first kappa shape index (κ1) is 16.4. The van der Waals surface area contributed by atoms with Crippen molar-refractivity contribution >= 4 is 17.0 Å². The van der Waals surface area contributed by atoms with Gasteiger partial charge in [-0.05, 0) is 6.92 Å². The highest BCUT2D eigenvalue weighted by molar-refractivity contribution is 5.82. The molecular weight excluding hydrogens is 318 g/mol. The fourth-order valence-corrected chi connectivity index (χ4v) is 2.61. The summed E-state index contributed by atoms with van der Waals surface area (Å²) in [5.74, 6) is 0.180. The minimum Gasteiger partial charge on any atom is -0.499 e. The van der Waals surface area contributed by atoms with Crippen molar-refractivity contribution in [2.24, 2.45) is 0 Å². The van der Waals surface area contributed by atoms with Crippen LogP contribution in [0.15, 0.2) is 19.2 Å². The lowest BCUT2D eigenvalue weighted by molar-refractivity contribution is -0.0559. The van der Waals surface area contributed by atoms with Gasteiger partial charge in [0.1, 0.15) is 31.2 Å². The average molecular weight is 337 g/mol. The molecule has 0 radical (unpaired) electrons. The van der Waals surface area contributed by atoms with E-state index < -0.39 is 24.5 Å². The number of aliphatic hydroxyl groups is 2. The lowest BCUT2D eigenvalue weighted by Crippen LogP contribution is -2.33. The number of rotatable bonds is 6. The summed E-state index contributed by atoms with van der Waals surface area (Å²) >= 11 is 0. The molecule has 0 spiro atoms. The van der Waals surface area contributed by atoms with Crippen LogP contribution in [0.1, 0.15) is 13.2 Å². The standard InChI is InChI=1S/C14H19N5O5/c1-3-22-5-7-9(20)10(21)13(24-7)19-12-8(11(15)16-6-17-12)18-14(19)23-4-2/h3,6-7,9-10,13,20-21H,1,4-5H2,2H3,(H2,15,16,17)/t7-,9-,10-,13-/m1/s1. The molecule has 3 heterocycles. The molecule has 10 nitrogen and oxygen atoms in total. The second-order valence-electron chi connectivity index (χ2n) is 5.17. The van der Waals surface area contributed by atoms with Gasteiger partial charge in [0.25, 0.3) is 0 Å². The number of nitrogens with two attached hydrogens (primary N) is 1. The fourth-order valence-electron chi connectivity index (χ4n) is 2.61. The Morgan fingerprint density at radius 3 is 2.92 bits per heavy atom. The predicted octanol–water partition coefficient (Wildman–Crippen LogP) is -0.414. The van der Waals surface area contributed by atoms with Crippen molar-refractivity contribution in [3.8, 4) is 6.01 Å². The van der Waals surface area contributed by atoms with E-state index in [1.54, 1.807) is 6.92 Å². The van der Waals surface area contributed by atoms with Gasteiger partial charge >= 0.3 is 6.01 Å². The van der Waals surface area contributed by atoms with Gasteiger partial charge in [-0.2, -0.15) is 4.98 Å². The normalized spacial score (nSPS) is 26.6. The van der Waals surface area contributed by atoms with Crippen LogP contribution < -0.4 is 10.5 Å². The summed E-state index contributed by atoms with van der Waals surface area (Å²) in [4.78, 5) is 12.3. The monoisotopic (exact) mass is 337 g/mol. The van der Waals surface area contributed by atoms with Gasteiger partial charge in [0.05, 0.1) is 12.9 Å². The van der Waals surface area contributed by atoms with Gasteiger partial charge in [-0.25, -0.2) is 14.5 Å². The van der Waals surface area contributed by atoms with Crippen LogP contribution in [-0.2, 0) is 9.47 Å². The summed E-state index contributed by atoms with van der Waals surface area (Å²) in [5, 5.41) is 20.6. The Labute approximate surface area is 137 Å². The molecule has 4 atom stereocenters. The topological polar surface area (TPSA) is 138 Å². The molecule has 1 aliphatic rings. The van der Waals surface area contributed by atoms with E-state index in [9.17, 15) is 10.2 Å². The number of anilines is 1. The Bertz CT molecular complexity index is 736. The van der Waals surface area contributed by atoms with Crippen molar-refractivity contribution in [1.82, 2.24) is 19.5 Å². The number of nitrogen functional groups attached to an aromatic ring is 1. The van der Waals surface area contributed by atoms with Crippen molar-refractivity contribution in [2.75, 3.05) is 18.9 Å². The van der Waals surface area contributed by atoms with Gasteiger partial charge in [0.15, 0.2) is 23.2 Å². The molecule has 3 rings (SSSR count). The maximum absolute atomic E-state index is 10.4. The second kappa shape index (κ2) is 6.59. The highest BCUT2D eigenvalue weighted by Gasteiger charge is 2.45. The lowest BCUT2D eigenvalue weighted by atomic mass is 10.1. The van der Waals surface area contributed by atoms with Crippen molar-refractivity contribution in [3.63, 3.8) is 0 Å². The number of nitrogens with zero attached hydrogens (tertiary/aromatic N) is 4. The van der Waals surface area contributed by atoms with E-state index >= 15 is 0 Å². The number of ether oxygens (including phenoxy) is 3. The smallest absolute Gasteiger partial charge is 0.300 e. The van der Waals surface area contributed by atoms with Crippen molar-refractivity contribution in [3.05, 3.63) is 19.2 Å². The van der Waals surface area contributed by atoms with Crippen molar-refractivity contribution in [1.29, 1.82) is 0 Å². The van der Waals surface area contributed by atoms with Crippen molar-refractivity contribution in [2.45, 2.75) is 31.5 Å². The van der Waals surface area contributed by atoms with Crippen LogP contribution in [0.25, 0.3) is 11.2 Å². The van der Waals surface area contributed by atoms with E-state index in [-0.39, 0.29) is 18.4 Å². The molecule has 10 heteroatoms. The van der Waals surface area contributed by atoms with Gasteiger partial charge < -0.3 is 30.2 Å². The highest BCUT2D eigenvalue weighted by atomic mass is 16.6. The molecule has 0 aliphatic carbocycles. The molecule has 1 fully saturated rings. The SMILES string of the molecule is C=COC[C@H]1O[C@@H](n2c(OCC)nc3c(N)ncnc32)[C@H](O)[C@@H]1O. The van der Waals surface area contributed by atoms with Crippen LogP contribution in [0.3, 0.4) is 0 Å². The van der Waals surface area contributed by atoms with Gasteiger partial charge in [-0.15, -0.1) is 0 Å². The number of aromatic nitrogens is 4. The van der Waals surface area contributed by atoms with Crippen LogP contribution in [0.4, 0.5) is 5.82 Å². The summed E-state index contributed by atoms with van der Waals surface area (Å²) < 4.78 is 17.7. The van der Waals surface area contributed by atoms with Gasteiger partial charge in [0, 0.05) is 0 Å². The number of imidazole rings is 1. The number of hydrogen-bond donors (Lipinski definition) is 3. The molecule has 24 heavy (non-hydrogen) atoms. The molecule has 130 valence electrons. The van der Waals surface area contributed by atoms with Crippen LogP contribution in [0.5, 0.6) is 6.01 Å². The minimum absolute atomic E-state index is 0.0476. The summed E-state index contributed by atoms with van der Waals surface area (Å²) in [6.45, 7) is 5.61. The number of hydrogen-bond acceptors (Lipinski definition) is 9. The van der Waals surface area contributed by atoms with E-state index in [2.05, 4.69) is 21.5 Å². The molecule has 0 aromatic carbocycles. The average Bonchev–Trinajstić information content (AvgIpc) is 3.06. The maximum Gasteiger partial charge on any atom is 0.300 e. The van der Waals surface area contributed by atoms with Crippen LogP contribution in [0, 0.1) is 0 Å². The van der Waals surface area contributed by atoms with Gasteiger partial charge in [-0.3, -0.25) is 0 Å². The third-order valence-corrected chi connectivity index (χ3v) is 3.72. The largest absolute Gasteiger partial charge is 0.499 e. The Kier molecular flexibility index (Phi) is 4.51. The summed E-state index contributed by atoms with van der Waals surface area (Å²) in [7, 11) is 0. The zero-order valence-corrected chi connectivity index (χ0v) is 13.1. The Balaban J connectivity index is 2.03. The molecule has 2 aromatic rings. The first-order valence-corrected chi connectivity index (χ1v) is 7.43. The number of fused-ring (bicyclic) bond motifs is 1. The highest BCUT2D eigenvalue weighted by Crippen LogP contribution is 2.36. The summed E-state index contributed by atoms with van der Waals surface area (Å²) in [6.07, 6.45) is -1.56. The van der Waals surface area contributed by atoms with Crippen LogP contribution in [0.2, 0.25) is 0 Å². The lowest BCUT2D eigenvalue weighted by Gasteiger charge is -2.18. The Morgan fingerprint density at radius 1 is 1.42 bits per heavy atom. The first-order valence-electron chi connectivity index (χ1n) is 7.43. The number of aliphatic hydroxyl groups excluding tert-OH is 2. The maximum atomic E-state index is 10.4. The third kappa shape index (κ3) is 2.64. The third-order valence-electron chi connectivity index (χ3n) is 3.72. The summed E-state index contributed by atoms with van der Waals surface area (Å²) in [6, 6.07) is 0.168. The van der Waals surface area contributed by atoms with Crippen LogP contribution >= 0.6 is 0 Å². The molecule has 0 unspecified atom stereocenters. The fraction of sp³-hybridized carbons (Fsp3) is 0.500. The Hall–Kier alpha value is -2.43. The molecule has 1 saturated heterocycles. The van der Waals surface area contributed by atoms with E-state index in [1.807, 2.05) is 0 Å². The van der Waals surface area contributed by atoms with Crippen LogP contribution in [-0.4, -0.2) is 61.3 Å². The molecule has 0 amide bonds. The first-order chi connectivity index (χ1) is 11.6. The zero-order chi connectivity index (χ0) is 17.3. The molecular formula is C14H19N5O5. The van der Waals surface area contributed by atoms with Gasteiger partial charge in [-0.1, -0.05) is 6.58 Å². The summed E-state index contributed by atoms with van der Waals surface area (Å²) in [5.41, 5.74) is 6.49. The van der Waals surface area contributed by atoms with E-state index in [0.29, 0.717) is 17.8 Å². The molecule has 0 saturated carbocycles. The second-order valence-corrected chi connectivity index (χ2v) is 5.17. The molecule has 1 aliphatic heterocycles. The molecule has 4 N–H and O–H groups in total. The Morgan fingerprint density at radius 2 is 2.21 bits per heavy atom. The van der Waals surface area contributed by atoms with Gasteiger partial charge in [0.2, 0.25) is 0 Å². The predicted molar refractivity (Wildman–Crippen MR) is 83.0 cm³/mol. The molecule has 2 aromatic heterocycles. The minimum atomic E-state index is -1.23. The van der Waals surface area contributed by atoms with E-state index in [0.717, 1.165) is 0 Å². The van der Waals surface area contributed by atoms with Crippen molar-refractivity contribution < 1.29 is 24.4 Å². The zero-order valence-electron chi connectivity index (χ0n) is 13.1. The van der Waals surface area contributed by atoms with E-state index in [4.69, 9.17) is 19.9 Å².